The van der Waals surface area contributed by atoms with Gasteiger partial charge < -0.3 is 14.4 Å². The van der Waals surface area contributed by atoms with E-state index in [9.17, 15) is 9.59 Å². The van der Waals surface area contributed by atoms with Crippen molar-refractivity contribution in [3.63, 3.8) is 0 Å². The molecule has 7 heteroatoms. The lowest BCUT2D eigenvalue weighted by Gasteiger charge is -2.19. The lowest BCUT2D eigenvalue weighted by molar-refractivity contribution is -0.140. The van der Waals surface area contributed by atoms with Crippen LogP contribution in [-0.2, 0) is 4.79 Å². The quantitative estimate of drug-likeness (QED) is 0.874. The van der Waals surface area contributed by atoms with Gasteiger partial charge in [0, 0.05) is 5.75 Å². The monoisotopic (exact) mass is 261 g/mol. The zero-order valence-electron chi connectivity index (χ0n) is 8.05. The van der Waals surface area contributed by atoms with Crippen molar-refractivity contribution in [2.75, 3.05) is 11.6 Å². The van der Waals surface area contributed by atoms with Gasteiger partial charge in [-0.2, -0.15) is 0 Å². The molecule has 86 valence electrons. The molecule has 0 unspecified atom stereocenters. The van der Waals surface area contributed by atoms with Gasteiger partial charge in [-0.05, 0) is 17.7 Å². The predicted molar refractivity (Wildman–Crippen MR) is 58.6 cm³/mol. The van der Waals surface area contributed by atoms with Gasteiger partial charge in [-0.25, -0.2) is 4.79 Å². The van der Waals surface area contributed by atoms with Gasteiger partial charge in [0.15, 0.2) is 0 Å². The van der Waals surface area contributed by atoms with E-state index in [0.29, 0.717) is 11.6 Å². The minimum Gasteiger partial charge on any atom is -0.480 e. The van der Waals surface area contributed by atoms with Gasteiger partial charge in [0.25, 0.3) is 5.91 Å². The first kappa shape index (κ1) is 11.3. The summed E-state index contributed by atoms with van der Waals surface area (Å²) < 4.78 is 4.80. The second-order valence-corrected chi connectivity index (χ2v) is 4.58. The minimum absolute atomic E-state index is 0.00830. The third-order valence-corrected chi connectivity index (χ3v) is 3.58. The van der Waals surface area contributed by atoms with Crippen molar-refractivity contribution >= 4 is 35.2 Å². The van der Waals surface area contributed by atoms with Crippen molar-refractivity contribution in [3.05, 3.63) is 23.1 Å². The van der Waals surface area contributed by atoms with E-state index in [1.165, 1.54) is 29.0 Å². The molecule has 1 aromatic rings. The number of amides is 1. The number of aliphatic carboxylic acids is 1. The summed E-state index contributed by atoms with van der Waals surface area (Å²) in [5, 5.41) is 8.93. The van der Waals surface area contributed by atoms with E-state index in [2.05, 4.69) is 0 Å². The summed E-state index contributed by atoms with van der Waals surface area (Å²) in [5.41, 5.74) is 0.204. The highest BCUT2D eigenvalue weighted by Crippen LogP contribution is 2.26. The molecule has 1 saturated heterocycles. The number of rotatable bonds is 2. The number of carbonyl (C=O) groups is 2. The number of carboxylic acids is 1. The Labute approximate surface area is 100 Å². The first-order chi connectivity index (χ1) is 7.61. The van der Waals surface area contributed by atoms with Crippen LogP contribution in [0.25, 0.3) is 0 Å². The first-order valence-electron chi connectivity index (χ1n) is 4.45. The van der Waals surface area contributed by atoms with Crippen LogP contribution in [0.4, 0.5) is 0 Å². The molecular formula is C9H8ClNO4S. The van der Waals surface area contributed by atoms with E-state index in [1.807, 2.05) is 0 Å². The maximum absolute atomic E-state index is 11.9. The summed E-state index contributed by atoms with van der Waals surface area (Å²) in [6.45, 7) is 0. The summed E-state index contributed by atoms with van der Waals surface area (Å²) in [7, 11) is 0. The molecule has 0 spiro atoms. The highest BCUT2D eigenvalue weighted by Gasteiger charge is 2.36. The lowest BCUT2D eigenvalue weighted by atomic mass is 10.2. The molecule has 16 heavy (non-hydrogen) atoms. The average molecular weight is 262 g/mol. The molecule has 2 heterocycles. The Bertz CT molecular complexity index is 433. The summed E-state index contributed by atoms with van der Waals surface area (Å²) in [4.78, 5) is 24.1. The molecule has 0 aromatic carbocycles. The third-order valence-electron chi connectivity index (χ3n) is 2.28. The van der Waals surface area contributed by atoms with E-state index in [0.717, 1.165) is 0 Å². The van der Waals surface area contributed by atoms with E-state index < -0.39 is 17.9 Å². The van der Waals surface area contributed by atoms with Crippen LogP contribution in [0.1, 0.15) is 10.4 Å². The number of hydrogen-bond acceptors (Lipinski definition) is 4. The Balaban J connectivity index is 2.22. The normalized spacial score (nSPS) is 20.1. The number of carboxylic acid groups (broad SMARTS) is 1. The Morgan fingerprint density at radius 3 is 2.94 bits per heavy atom. The molecule has 1 aliphatic rings. The maximum atomic E-state index is 11.9. The maximum Gasteiger partial charge on any atom is 0.327 e. The Kier molecular flexibility index (Phi) is 3.11. The smallest absolute Gasteiger partial charge is 0.327 e. The number of carbonyl (C=O) groups excluding carboxylic acids is 1. The first-order valence-corrected chi connectivity index (χ1v) is 5.99. The molecule has 1 aliphatic heterocycles. The molecule has 0 saturated carbocycles. The molecule has 1 N–H and O–H groups in total. The number of furan rings is 1. The van der Waals surface area contributed by atoms with Crippen molar-refractivity contribution in [3.8, 4) is 0 Å². The highest BCUT2D eigenvalue weighted by atomic mass is 35.5. The van der Waals surface area contributed by atoms with Crippen molar-refractivity contribution in [1.82, 2.24) is 4.90 Å². The summed E-state index contributed by atoms with van der Waals surface area (Å²) in [6, 6.07) is 0.649. The second kappa shape index (κ2) is 4.39. The summed E-state index contributed by atoms with van der Waals surface area (Å²) in [6.07, 6.45) is 1.30. The summed E-state index contributed by atoms with van der Waals surface area (Å²) in [5.74, 6) is -0.650. The second-order valence-electron chi connectivity index (χ2n) is 3.24. The van der Waals surface area contributed by atoms with E-state index >= 15 is 0 Å². The standard InChI is InChI=1S/C9H8ClNO4S/c10-7-5(1-2-15-7)8(12)11-4-16-3-6(11)9(13)14/h1-2,6H,3-4H2,(H,13,14)/t6-/m0/s1. The van der Waals surface area contributed by atoms with Crippen molar-refractivity contribution in [2.24, 2.45) is 0 Å². The summed E-state index contributed by atoms with van der Waals surface area (Å²) >= 11 is 7.07. The molecule has 1 amide bonds. The van der Waals surface area contributed by atoms with Gasteiger partial charge >= 0.3 is 5.97 Å². The van der Waals surface area contributed by atoms with E-state index in [1.54, 1.807) is 0 Å². The van der Waals surface area contributed by atoms with Crippen LogP contribution in [0.3, 0.4) is 0 Å². The number of thioether (sulfide) groups is 1. The van der Waals surface area contributed by atoms with E-state index in [-0.39, 0.29) is 10.8 Å². The fourth-order valence-corrected chi connectivity index (χ4v) is 2.79. The van der Waals surface area contributed by atoms with Gasteiger partial charge in [-0.1, -0.05) is 0 Å². The highest BCUT2D eigenvalue weighted by molar-refractivity contribution is 7.99. The van der Waals surface area contributed by atoms with Crippen molar-refractivity contribution in [2.45, 2.75) is 6.04 Å². The molecule has 0 bridgehead atoms. The van der Waals surface area contributed by atoms with Gasteiger partial charge in [0.05, 0.1) is 17.7 Å². The zero-order valence-corrected chi connectivity index (χ0v) is 9.62. The van der Waals surface area contributed by atoms with Crippen LogP contribution in [0.15, 0.2) is 16.7 Å². The fraction of sp³-hybridized carbons (Fsp3) is 0.333. The Hall–Kier alpha value is -1.14. The molecular weight excluding hydrogens is 254 g/mol. The predicted octanol–water partition coefficient (Wildman–Crippen LogP) is 1.53. The van der Waals surface area contributed by atoms with Crippen molar-refractivity contribution < 1.29 is 19.1 Å². The average Bonchev–Trinajstić information content (AvgIpc) is 2.84. The molecule has 1 atom stereocenters. The molecule has 0 aliphatic carbocycles. The SMILES string of the molecule is O=C(O)[C@@H]1CSCN1C(=O)c1ccoc1Cl. The zero-order chi connectivity index (χ0) is 11.7. The van der Waals surface area contributed by atoms with E-state index in [4.69, 9.17) is 21.1 Å². The largest absolute Gasteiger partial charge is 0.480 e. The molecule has 1 aromatic heterocycles. The van der Waals surface area contributed by atoms with Gasteiger partial charge in [0.1, 0.15) is 6.04 Å². The minimum atomic E-state index is -1.00. The van der Waals surface area contributed by atoms with Crippen LogP contribution in [0.2, 0.25) is 5.22 Å². The Morgan fingerprint density at radius 1 is 1.62 bits per heavy atom. The van der Waals surface area contributed by atoms with Gasteiger partial charge in [-0.3, -0.25) is 4.79 Å². The number of hydrogen-bond donors (Lipinski definition) is 1. The van der Waals surface area contributed by atoms with Crippen LogP contribution in [0.5, 0.6) is 0 Å². The molecule has 2 rings (SSSR count). The number of nitrogens with zero attached hydrogens (tertiary/aromatic N) is 1. The Morgan fingerprint density at radius 2 is 2.38 bits per heavy atom. The van der Waals surface area contributed by atoms with Crippen LogP contribution in [-0.4, -0.2) is 39.6 Å². The fourth-order valence-electron chi connectivity index (χ4n) is 1.45. The van der Waals surface area contributed by atoms with Crippen LogP contribution < -0.4 is 0 Å². The van der Waals surface area contributed by atoms with Gasteiger partial charge in [0.2, 0.25) is 5.22 Å². The van der Waals surface area contributed by atoms with Gasteiger partial charge in [-0.15, -0.1) is 11.8 Å². The lowest BCUT2D eigenvalue weighted by Crippen LogP contribution is -2.41. The molecule has 1 fully saturated rings. The topological polar surface area (TPSA) is 70.8 Å². The number of halogens is 1. The third kappa shape index (κ3) is 1.90. The van der Waals surface area contributed by atoms with Crippen LogP contribution >= 0.6 is 23.4 Å². The van der Waals surface area contributed by atoms with Crippen molar-refractivity contribution in [1.29, 1.82) is 0 Å². The van der Waals surface area contributed by atoms with Crippen LogP contribution in [0, 0.1) is 0 Å². The molecule has 0 radical (unpaired) electrons. The molecule has 5 nitrogen and oxygen atoms in total.